The van der Waals surface area contributed by atoms with Crippen LogP contribution in [0.3, 0.4) is 0 Å². The molecule has 0 aliphatic heterocycles. The summed E-state index contributed by atoms with van der Waals surface area (Å²) in [5, 5.41) is 23.1. The molecule has 0 fully saturated rings. The molecule has 0 radical (unpaired) electrons. The number of aliphatic hydroxyl groups is 1. The van der Waals surface area contributed by atoms with Gasteiger partial charge in [0.05, 0.1) is 11.0 Å². The third-order valence-corrected chi connectivity index (χ3v) is 2.25. The van der Waals surface area contributed by atoms with Gasteiger partial charge >= 0.3 is 0 Å². The molecule has 0 amide bonds. The Kier molecular flexibility index (Phi) is 4.72. The van der Waals surface area contributed by atoms with Gasteiger partial charge in [-0.2, -0.15) is 0 Å². The first kappa shape index (κ1) is 12.4. The molecule has 0 aliphatic carbocycles. The van der Waals surface area contributed by atoms with Crippen molar-refractivity contribution in [3.63, 3.8) is 0 Å². The van der Waals surface area contributed by atoms with E-state index in [1.165, 1.54) is 6.07 Å². The number of nitro benzene ring substituents is 1. The molecule has 0 aromatic heterocycles. The number of benzene rings is 1. The van der Waals surface area contributed by atoms with E-state index in [0.29, 0.717) is 18.7 Å². The van der Waals surface area contributed by atoms with Crippen LogP contribution in [0.1, 0.15) is 19.8 Å². The first-order valence-corrected chi connectivity index (χ1v) is 5.30. The van der Waals surface area contributed by atoms with Gasteiger partial charge in [-0.3, -0.25) is 10.1 Å². The standard InChI is InChI=1S/C11H16N2O3/c1-2-5-9(14)8-12-10-6-3-4-7-11(10)13(15)16/h3-4,6-7,9,12,14H,2,5,8H2,1H3. The Morgan fingerprint density at radius 2 is 2.19 bits per heavy atom. The second-order valence-electron chi connectivity index (χ2n) is 3.60. The topological polar surface area (TPSA) is 75.4 Å². The van der Waals surface area contributed by atoms with Gasteiger partial charge in [0.25, 0.3) is 5.69 Å². The van der Waals surface area contributed by atoms with Crippen LogP contribution in [0.25, 0.3) is 0 Å². The summed E-state index contributed by atoms with van der Waals surface area (Å²) < 4.78 is 0. The third-order valence-electron chi connectivity index (χ3n) is 2.25. The summed E-state index contributed by atoms with van der Waals surface area (Å²) in [6, 6.07) is 6.42. The second kappa shape index (κ2) is 6.07. The number of hydrogen-bond donors (Lipinski definition) is 2. The van der Waals surface area contributed by atoms with Crippen LogP contribution in [0, 0.1) is 10.1 Å². The van der Waals surface area contributed by atoms with Crippen LogP contribution in [0.4, 0.5) is 11.4 Å². The highest BCUT2D eigenvalue weighted by Gasteiger charge is 2.12. The van der Waals surface area contributed by atoms with Crippen molar-refractivity contribution in [2.24, 2.45) is 0 Å². The van der Waals surface area contributed by atoms with E-state index < -0.39 is 11.0 Å². The van der Waals surface area contributed by atoms with Crippen molar-refractivity contribution in [2.75, 3.05) is 11.9 Å². The van der Waals surface area contributed by atoms with Crippen LogP contribution in [-0.2, 0) is 0 Å². The summed E-state index contributed by atoms with van der Waals surface area (Å²) in [7, 11) is 0. The molecule has 0 saturated carbocycles. The van der Waals surface area contributed by atoms with Gasteiger partial charge in [-0.05, 0) is 12.5 Å². The lowest BCUT2D eigenvalue weighted by atomic mass is 10.2. The average molecular weight is 224 g/mol. The van der Waals surface area contributed by atoms with Gasteiger partial charge in [-0.15, -0.1) is 0 Å². The fraction of sp³-hybridized carbons (Fsp3) is 0.455. The number of nitro groups is 1. The summed E-state index contributed by atoms with van der Waals surface area (Å²) in [6.07, 6.45) is 1.11. The van der Waals surface area contributed by atoms with Crippen molar-refractivity contribution in [1.82, 2.24) is 0 Å². The molecule has 0 bridgehead atoms. The highest BCUT2D eigenvalue weighted by molar-refractivity contribution is 5.61. The summed E-state index contributed by atoms with van der Waals surface area (Å²) in [4.78, 5) is 10.3. The molecule has 0 aliphatic rings. The first-order valence-electron chi connectivity index (χ1n) is 5.30. The zero-order chi connectivity index (χ0) is 12.0. The van der Waals surface area contributed by atoms with Gasteiger partial charge in [0, 0.05) is 12.6 Å². The summed E-state index contributed by atoms with van der Waals surface area (Å²) >= 11 is 0. The predicted octanol–water partition coefficient (Wildman–Crippen LogP) is 2.17. The van der Waals surface area contributed by atoms with E-state index >= 15 is 0 Å². The molecule has 1 unspecified atom stereocenters. The monoisotopic (exact) mass is 224 g/mol. The smallest absolute Gasteiger partial charge is 0.292 e. The van der Waals surface area contributed by atoms with Gasteiger partial charge in [-0.1, -0.05) is 25.5 Å². The molecule has 0 saturated heterocycles. The van der Waals surface area contributed by atoms with Gasteiger partial charge in [-0.25, -0.2) is 0 Å². The summed E-state index contributed by atoms with van der Waals surface area (Å²) in [6.45, 7) is 2.31. The van der Waals surface area contributed by atoms with Crippen LogP contribution in [0.5, 0.6) is 0 Å². The van der Waals surface area contributed by atoms with E-state index in [-0.39, 0.29) is 5.69 Å². The fourth-order valence-electron chi connectivity index (χ4n) is 1.45. The van der Waals surface area contributed by atoms with E-state index in [1.54, 1.807) is 18.2 Å². The minimum Gasteiger partial charge on any atom is -0.391 e. The van der Waals surface area contributed by atoms with Crippen LogP contribution in [0.2, 0.25) is 0 Å². The van der Waals surface area contributed by atoms with Crippen LogP contribution >= 0.6 is 0 Å². The minimum atomic E-state index is -0.468. The molecule has 2 N–H and O–H groups in total. The Morgan fingerprint density at radius 1 is 1.50 bits per heavy atom. The molecular weight excluding hydrogens is 208 g/mol. The number of anilines is 1. The third kappa shape index (κ3) is 3.51. The number of para-hydroxylation sites is 2. The van der Waals surface area contributed by atoms with E-state index in [9.17, 15) is 15.2 Å². The van der Waals surface area contributed by atoms with Gasteiger partial charge < -0.3 is 10.4 Å². The zero-order valence-corrected chi connectivity index (χ0v) is 9.22. The Hall–Kier alpha value is -1.62. The Morgan fingerprint density at radius 3 is 2.81 bits per heavy atom. The summed E-state index contributed by atoms with van der Waals surface area (Å²) in [5.74, 6) is 0. The molecule has 0 spiro atoms. The molecule has 88 valence electrons. The lowest BCUT2D eigenvalue weighted by molar-refractivity contribution is -0.384. The number of aliphatic hydroxyl groups excluding tert-OH is 1. The van der Waals surface area contributed by atoms with Crippen molar-refractivity contribution in [2.45, 2.75) is 25.9 Å². The molecule has 5 heteroatoms. The lowest BCUT2D eigenvalue weighted by Gasteiger charge is -2.11. The van der Waals surface area contributed by atoms with E-state index in [2.05, 4.69) is 5.32 Å². The lowest BCUT2D eigenvalue weighted by Crippen LogP contribution is -2.19. The molecule has 1 aromatic carbocycles. The largest absolute Gasteiger partial charge is 0.391 e. The SMILES string of the molecule is CCCC(O)CNc1ccccc1[N+](=O)[O-]. The molecular formula is C11H16N2O3. The molecule has 1 aromatic rings. The van der Waals surface area contributed by atoms with Crippen molar-refractivity contribution in [3.05, 3.63) is 34.4 Å². The quantitative estimate of drug-likeness (QED) is 0.573. The Bertz CT molecular complexity index is 355. The average Bonchev–Trinajstić information content (AvgIpc) is 2.27. The maximum Gasteiger partial charge on any atom is 0.292 e. The Labute approximate surface area is 94.3 Å². The normalized spacial score (nSPS) is 12.1. The molecule has 0 heterocycles. The number of nitrogens with one attached hydrogen (secondary N) is 1. The fourth-order valence-corrected chi connectivity index (χ4v) is 1.45. The van der Waals surface area contributed by atoms with Crippen LogP contribution in [0.15, 0.2) is 24.3 Å². The summed E-state index contributed by atoms with van der Waals surface area (Å²) in [5.41, 5.74) is 0.480. The van der Waals surface area contributed by atoms with E-state index in [4.69, 9.17) is 0 Å². The van der Waals surface area contributed by atoms with E-state index in [1.807, 2.05) is 6.92 Å². The zero-order valence-electron chi connectivity index (χ0n) is 9.22. The van der Waals surface area contributed by atoms with Gasteiger partial charge in [0.2, 0.25) is 0 Å². The maximum atomic E-state index is 10.7. The van der Waals surface area contributed by atoms with Crippen molar-refractivity contribution >= 4 is 11.4 Å². The molecule has 1 atom stereocenters. The predicted molar refractivity (Wildman–Crippen MR) is 62.5 cm³/mol. The molecule has 5 nitrogen and oxygen atoms in total. The maximum absolute atomic E-state index is 10.7. The van der Waals surface area contributed by atoms with Gasteiger partial charge in [0.1, 0.15) is 5.69 Å². The van der Waals surface area contributed by atoms with Crippen molar-refractivity contribution in [3.8, 4) is 0 Å². The van der Waals surface area contributed by atoms with Crippen LogP contribution < -0.4 is 5.32 Å². The Balaban J connectivity index is 2.63. The van der Waals surface area contributed by atoms with Gasteiger partial charge in [0.15, 0.2) is 0 Å². The molecule has 1 rings (SSSR count). The molecule has 16 heavy (non-hydrogen) atoms. The number of nitrogens with zero attached hydrogens (tertiary/aromatic N) is 1. The highest BCUT2D eigenvalue weighted by Crippen LogP contribution is 2.22. The minimum absolute atomic E-state index is 0.0335. The highest BCUT2D eigenvalue weighted by atomic mass is 16.6. The van der Waals surface area contributed by atoms with Crippen LogP contribution in [-0.4, -0.2) is 22.7 Å². The second-order valence-corrected chi connectivity index (χ2v) is 3.60. The van der Waals surface area contributed by atoms with E-state index in [0.717, 1.165) is 6.42 Å². The number of hydrogen-bond acceptors (Lipinski definition) is 4. The van der Waals surface area contributed by atoms with Crippen molar-refractivity contribution < 1.29 is 10.0 Å². The number of rotatable bonds is 6. The van der Waals surface area contributed by atoms with Crippen molar-refractivity contribution in [1.29, 1.82) is 0 Å². The first-order chi connectivity index (χ1) is 7.65.